The van der Waals surface area contributed by atoms with E-state index in [-0.39, 0.29) is 23.4 Å². The molecule has 0 saturated carbocycles. The summed E-state index contributed by atoms with van der Waals surface area (Å²) in [7, 11) is 1.19. The predicted octanol–water partition coefficient (Wildman–Crippen LogP) is 3.85. The van der Waals surface area contributed by atoms with E-state index >= 15 is 0 Å². The molecule has 0 spiro atoms. The highest BCUT2D eigenvalue weighted by atomic mass is 19.4. The summed E-state index contributed by atoms with van der Waals surface area (Å²) in [4.78, 5) is 28.2. The second kappa shape index (κ2) is 8.94. The van der Waals surface area contributed by atoms with Crippen molar-refractivity contribution in [2.45, 2.75) is 18.0 Å². The number of nitrogens with one attached hydrogen (secondary N) is 1. The van der Waals surface area contributed by atoms with Gasteiger partial charge in [0.05, 0.1) is 13.7 Å². The van der Waals surface area contributed by atoms with Gasteiger partial charge in [-0.25, -0.2) is 0 Å². The highest BCUT2D eigenvalue weighted by Gasteiger charge is 2.58. The van der Waals surface area contributed by atoms with Crippen LogP contribution in [0.1, 0.15) is 27.9 Å². The lowest BCUT2D eigenvalue weighted by Crippen LogP contribution is -2.43. The minimum Gasteiger partial charge on any atom is -0.508 e. The second-order valence-corrected chi connectivity index (χ2v) is 8.22. The summed E-state index contributed by atoms with van der Waals surface area (Å²) in [5.74, 6) is -2.12. The first-order chi connectivity index (χ1) is 16.6. The summed E-state index contributed by atoms with van der Waals surface area (Å²) >= 11 is 0. The molecule has 4 rings (SSSR count). The molecular formula is C25H21F3N2O5. The van der Waals surface area contributed by atoms with Gasteiger partial charge < -0.3 is 20.3 Å². The summed E-state index contributed by atoms with van der Waals surface area (Å²) in [5, 5.41) is 23.1. The van der Waals surface area contributed by atoms with E-state index in [2.05, 4.69) is 15.0 Å². The fourth-order valence-corrected chi connectivity index (χ4v) is 4.30. The van der Waals surface area contributed by atoms with Crippen LogP contribution in [0.3, 0.4) is 0 Å². The van der Waals surface area contributed by atoms with Crippen molar-refractivity contribution in [2.24, 2.45) is 4.99 Å². The van der Waals surface area contributed by atoms with E-state index in [1.165, 1.54) is 19.2 Å². The summed E-state index contributed by atoms with van der Waals surface area (Å²) in [5.41, 5.74) is -1.87. The molecule has 1 atom stereocenters. The Morgan fingerprint density at radius 1 is 1.06 bits per heavy atom. The Kier molecular flexibility index (Phi) is 6.14. The molecule has 1 amide bonds. The molecule has 0 aliphatic carbocycles. The number of carbonyl (C=O) groups excluding carboxylic acids is 2. The number of rotatable bonds is 5. The van der Waals surface area contributed by atoms with E-state index < -0.39 is 47.9 Å². The van der Waals surface area contributed by atoms with Gasteiger partial charge in [0, 0.05) is 29.3 Å². The Labute approximate surface area is 197 Å². The molecule has 1 aliphatic heterocycles. The average molecular weight is 486 g/mol. The number of nitrogens with zero attached hydrogens (tertiary/aromatic N) is 1. The van der Waals surface area contributed by atoms with Gasteiger partial charge in [-0.1, -0.05) is 30.3 Å². The third-order valence-corrected chi connectivity index (χ3v) is 6.11. The zero-order chi connectivity index (χ0) is 25.4. The van der Waals surface area contributed by atoms with Gasteiger partial charge >= 0.3 is 12.1 Å². The number of aliphatic imine (C=N–C) groups is 1. The standard InChI is InChI=1S/C25H21F3N2O5/c1-35-22(33)12-29-23(34)20-7-6-19(17-4-2-3-5-18(17)20)21-11-24(13-30-21,25(26,27)28)14-8-15(31)10-16(32)9-14/h2-10,31-32H,11-13H2,1H3,(H,29,34). The fraction of sp³-hybridized carbons (Fsp3) is 0.240. The number of halogens is 3. The van der Waals surface area contributed by atoms with E-state index in [1.54, 1.807) is 24.3 Å². The van der Waals surface area contributed by atoms with Crippen molar-refractivity contribution in [1.82, 2.24) is 5.32 Å². The van der Waals surface area contributed by atoms with E-state index in [9.17, 15) is 33.0 Å². The number of carbonyl (C=O) groups is 2. The molecule has 182 valence electrons. The van der Waals surface area contributed by atoms with Gasteiger partial charge in [-0.15, -0.1) is 0 Å². The third-order valence-electron chi connectivity index (χ3n) is 6.11. The number of phenols is 2. The van der Waals surface area contributed by atoms with Crippen LogP contribution in [0.5, 0.6) is 11.5 Å². The second-order valence-electron chi connectivity index (χ2n) is 8.22. The average Bonchev–Trinajstić information content (AvgIpc) is 3.28. The Hall–Kier alpha value is -4.08. The minimum atomic E-state index is -4.72. The molecule has 0 saturated heterocycles. The van der Waals surface area contributed by atoms with Gasteiger partial charge in [-0.2, -0.15) is 13.2 Å². The molecule has 0 radical (unpaired) electrons. The van der Waals surface area contributed by atoms with Crippen molar-refractivity contribution >= 4 is 28.4 Å². The van der Waals surface area contributed by atoms with Crippen LogP contribution in [0, 0.1) is 0 Å². The number of esters is 1. The van der Waals surface area contributed by atoms with Gasteiger partial charge in [0.25, 0.3) is 5.91 Å². The topological polar surface area (TPSA) is 108 Å². The summed E-state index contributed by atoms with van der Waals surface area (Å²) in [6, 6.07) is 12.7. The Morgan fingerprint density at radius 2 is 1.71 bits per heavy atom. The zero-order valence-electron chi connectivity index (χ0n) is 18.5. The number of hydrogen-bond donors (Lipinski definition) is 3. The number of hydrogen-bond acceptors (Lipinski definition) is 6. The van der Waals surface area contributed by atoms with Gasteiger partial charge in [0.15, 0.2) is 0 Å². The van der Waals surface area contributed by atoms with Crippen molar-refractivity contribution in [2.75, 3.05) is 20.2 Å². The monoisotopic (exact) mass is 486 g/mol. The van der Waals surface area contributed by atoms with Crippen LogP contribution in [0.4, 0.5) is 13.2 Å². The smallest absolute Gasteiger partial charge is 0.400 e. The van der Waals surface area contributed by atoms with E-state index in [0.29, 0.717) is 16.3 Å². The molecule has 1 unspecified atom stereocenters. The van der Waals surface area contributed by atoms with E-state index in [4.69, 9.17) is 0 Å². The number of ether oxygens (including phenoxy) is 1. The first-order valence-corrected chi connectivity index (χ1v) is 10.6. The maximum atomic E-state index is 14.4. The summed E-state index contributed by atoms with van der Waals surface area (Å²) in [6.07, 6.45) is -5.24. The molecule has 1 aliphatic rings. The van der Waals surface area contributed by atoms with Crippen molar-refractivity contribution < 1.29 is 37.7 Å². The van der Waals surface area contributed by atoms with E-state index in [1.807, 2.05) is 0 Å². The molecule has 1 heterocycles. The normalized spacial score (nSPS) is 17.8. The number of fused-ring (bicyclic) bond motifs is 1. The van der Waals surface area contributed by atoms with Crippen molar-refractivity contribution in [1.29, 1.82) is 0 Å². The van der Waals surface area contributed by atoms with Crippen molar-refractivity contribution in [3.05, 3.63) is 71.3 Å². The number of phenolic OH excluding ortho intramolecular Hbond substituents is 2. The first-order valence-electron chi connectivity index (χ1n) is 10.6. The predicted molar refractivity (Wildman–Crippen MR) is 122 cm³/mol. The van der Waals surface area contributed by atoms with Crippen LogP contribution in [0.15, 0.2) is 59.6 Å². The molecule has 3 N–H and O–H groups in total. The fourth-order valence-electron chi connectivity index (χ4n) is 4.30. The largest absolute Gasteiger partial charge is 0.508 e. The highest BCUT2D eigenvalue weighted by molar-refractivity contribution is 6.17. The molecular weight excluding hydrogens is 465 g/mol. The Morgan fingerprint density at radius 3 is 2.34 bits per heavy atom. The number of amides is 1. The molecule has 10 heteroatoms. The van der Waals surface area contributed by atoms with Crippen LogP contribution < -0.4 is 5.32 Å². The molecule has 7 nitrogen and oxygen atoms in total. The van der Waals surface area contributed by atoms with Gasteiger partial charge in [0.2, 0.25) is 0 Å². The zero-order valence-corrected chi connectivity index (χ0v) is 18.5. The van der Waals surface area contributed by atoms with Crippen LogP contribution in [0.2, 0.25) is 0 Å². The quantitative estimate of drug-likeness (QED) is 0.475. The number of benzene rings is 3. The lowest BCUT2D eigenvalue weighted by molar-refractivity contribution is -0.183. The lowest BCUT2D eigenvalue weighted by Gasteiger charge is -2.31. The van der Waals surface area contributed by atoms with Crippen molar-refractivity contribution in [3.8, 4) is 11.5 Å². The molecule has 0 aromatic heterocycles. The van der Waals surface area contributed by atoms with E-state index in [0.717, 1.165) is 18.2 Å². The molecule has 3 aromatic carbocycles. The first kappa shape index (κ1) is 24.1. The Balaban J connectivity index is 1.74. The van der Waals surface area contributed by atoms with Gasteiger partial charge in [-0.3, -0.25) is 14.6 Å². The number of methoxy groups -OCH3 is 1. The number of alkyl halides is 3. The van der Waals surface area contributed by atoms with Crippen LogP contribution in [0.25, 0.3) is 10.8 Å². The summed E-state index contributed by atoms with van der Waals surface area (Å²) < 4.78 is 47.7. The van der Waals surface area contributed by atoms with Crippen LogP contribution in [-0.4, -0.2) is 54.2 Å². The molecule has 0 bridgehead atoms. The summed E-state index contributed by atoms with van der Waals surface area (Å²) in [6.45, 7) is -0.951. The number of aromatic hydroxyl groups is 2. The van der Waals surface area contributed by atoms with Crippen LogP contribution >= 0.6 is 0 Å². The highest BCUT2D eigenvalue weighted by Crippen LogP contribution is 2.49. The Bertz CT molecular complexity index is 1330. The molecule has 0 fully saturated rings. The van der Waals surface area contributed by atoms with Crippen LogP contribution in [-0.2, 0) is 14.9 Å². The lowest BCUT2D eigenvalue weighted by atomic mass is 9.76. The maximum Gasteiger partial charge on any atom is 0.400 e. The van der Waals surface area contributed by atoms with Gasteiger partial charge in [-0.05, 0) is 34.5 Å². The molecule has 35 heavy (non-hydrogen) atoms. The minimum absolute atomic E-state index is 0.183. The van der Waals surface area contributed by atoms with Crippen molar-refractivity contribution in [3.63, 3.8) is 0 Å². The maximum absolute atomic E-state index is 14.4. The van der Waals surface area contributed by atoms with Gasteiger partial charge in [0.1, 0.15) is 23.5 Å². The molecule has 3 aromatic rings. The third kappa shape index (κ3) is 4.39. The SMILES string of the molecule is COC(=O)CNC(=O)c1ccc(C2=NCC(c3cc(O)cc(O)c3)(C(F)(F)F)C2)c2ccccc12.